The lowest BCUT2D eigenvalue weighted by Gasteiger charge is -2.15. The molecule has 1 aromatic heterocycles. The quantitative estimate of drug-likeness (QED) is 0.829. The molecule has 0 fully saturated rings. The molecule has 0 saturated carbocycles. The first-order chi connectivity index (χ1) is 10.2. The SMILES string of the molecule is CCOc1c(CNCc2ccncc2)cc(Br)cc1OC. The van der Waals surface area contributed by atoms with Gasteiger partial charge in [0.2, 0.25) is 0 Å². The van der Waals surface area contributed by atoms with Crippen LogP contribution in [0.5, 0.6) is 11.5 Å². The highest BCUT2D eigenvalue weighted by Gasteiger charge is 2.12. The molecule has 2 rings (SSSR count). The van der Waals surface area contributed by atoms with E-state index in [1.54, 1.807) is 19.5 Å². The fraction of sp³-hybridized carbons (Fsp3) is 0.312. The van der Waals surface area contributed by atoms with E-state index >= 15 is 0 Å². The van der Waals surface area contributed by atoms with E-state index < -0.39 is 0 Å². The first kappa shape index (κ1) is 15.8. The van der Waals surface area contributed by atoms with Crippen molar-refractivity contribution >= 4 is 15.9 Å². The first-order valence-electron chi connectivity index (χ1n) is 6.83. The van der Waals surface area contributed by atoms with Crippen molar-refractivity contribution in [1.82, 2.24) is 10.3 Å². The lowest BCUT2D eigenvalue weighted by atomic mass is 10.1. The lowest BCUT2D eigenvalue weighted by molar-refractivity contribution is 0.306. The van der Waals surface area contributed by atoms with Crippen LogP contribution in [0, 0.1) is 0 Å². The summed E-state index contributed by atoms with van der Waals surface area (Å²) in [6, 6.07) is 7.96. The van der Waals surface area contributed by atoms with Gasteiger partial charge in [-0.25, -0.2) is 0 Å². The van der Waals surface area contributed by atoms with Crippen molar-refractivity contribution in [2.24, 2.45) is 0 Å². The molecular formula is C16H19BrN2O2. The van der Waals surface area contributed by atoms with E-state index in [1.807, 2.05) is 31.2 Å². The molecule has 1 heterocycles. The molecule has 0 amide bonds. The normalized spacial score (nSPS) is 10.4. The van der Waals surface area contributed by atoms with E-state index in [1.165, 1.54) is 5.56 Å². The number of nitrogens with one attached hydrogen (secondary N) is 1. The minimum absolute atomic E-state index is 0.606. The number of hydrogen-bond acceptors (Lipinski definition) is 4. The Morgan fingerprint density at radius 2 is 1.95 bits per heavy atom. The van der Waals surface area contributed by atoms with Gasteiger partial charge in [0.1, 0.15) is 0 Å². The number of benzene rings is 1. The van der Waals surface area contributed by atoms with Crippen LogP contribution in [0.1, 0.15) is 18.1 Å². The highest BCUT2D eigenvalue weighted by molar-refractivity contribution is 9.10. The summed E-state index contributed by atoms with van der Waals surface area (Å²) < 4.78 is 12.1. The minimum atomic E-state index is 0.606. The van der Waals surface area contributed by atoms with Gasteiger partial charge in [0.05, 0.1) is 13.7 Å². The van der Waals surface area contributed by atoms with Crippen LogP contribution in [0.15, 0.2) is 41.1 Å². The van der Waals surface area contributed by atoms with E-state index in [9.17, 15) is 0 Å². The Morgan fingerprint density at radius 1 is 1.19 bits per heavy atom. The van der Waals surface area contributed by atoms with Crippen molar-refractivity contribution < 1.29 is 9.47 Å². The number of nitrogens with zero attached hydrogens (tertiary/aromatic N) is 1. The number of methoxy groups -OCH3 is 1. The summed E-state index contributed by atoms with van der Waals surface area (Å²) in [4.78, 5) is 4.01. The lowest BCUT2D eigenvalue weighted by Crippen LogP contribution is -2.14. The molecule has 1 N–H and O–H groups in total. The van der Waals surface area contributed by atoms with E-state index in [0.29, 0.717) is 13.2 Å². The Kier molecular flexibility index (Phi) is 6.02. The van der Waals surface area contributed by atoms with Gasteiger partial charge in [-0.2, -0.15) is 0 Å². The van der Waals surface area contributed by atoms with E-state index in [0.717, 1.165) is 28.1 Å². The number of hydrogen-bond donors (Lipinski definition) is 1. The second-order valence-electron chi connectivity index (χ2n) is 4.49. The second kappa shape index (κ2) is 8.00. The summed E-state index contributed by atoms with van der Waals surface area (Å²) in [5.41, 5.74) is 2.27. The van der Waals surface area contributed by atoms with Gasteiger partial charge in [0.25, 0.3) is 0 Å². The number of ether oxygens (including phenoxy) is 2. The number of halogens is 1. The van der Waals surface area contributed by atoms with Crippen molar-refractivity contribution in [3.63, 3.8) is 0 Å². The summed E-state index contributed by atoms with van der Waals surface area (Å²) in [6.45, 7) is 4.06. The first-order valence-corrected chi connectivity index (χ1v) is 7.62. The molecule has 112 valence electrons. The Balaban J connectivity index is 2.09. The average molecular weight is 351 g/mol. The molecule has 2 aromatic rings. The van der Waals surface area contributed by atoms with Crippen molar-refractivity contribution in [3.8, 4) is 11.5 Å². The van der Waals surface area contributed by atoms with Crippen LogP contribution in [0.2, 0.25) is 0 Å². The molecule has 5 heteroatoms. The van der Waals surface area contributed by atoms with Gasteiger partial charge in [-0.15, -0.1) is 0 Å². The zero-order valence-corrected chi connectivity index (χ0v) is 13.8. The Morgan fingerprint density at radius 3 is 2.62 bits per heavy atom. The number of pyridine rings is 1. The molecule has 0 unspecified atom stereocenters. The standard InChI is InChI=1S/C16H19BrN2O2/c1-3-21-16-13(8-14(17)9-15(16)20-2)11-19-10-12-4-6-18-7-5-12/h4-9,19H,3,10-11H2,1-2H3. The van der Waals surface area contributed by atoms with Crippen LogP contribution in [0.4, 0.5) is 0 Å². The van der Waals surface area contributed by atoms with Crippen LogP contribution in [-0.2, 0) is 13.1 Å². The summed E-state index contributed by atoms with van der Waals surface area (Å²) in [6.07, 6.45) is 3.59. The maximum Gasteiger partial charge on any atom is 0.165 e. The summed E-state index contributed by atoms with van der Waals surface area (Å²) >= 11 is 3.50. The average Bonchev–Trinajstić information content (AvgIpc) is 2.50. The summed E-state index contributed by atoms with van der Waals surface area (Å²) in [5.74, 6) is 1.54. The van der Waals surface area contributed by atoms with Crippen molar-refractivity contribution in [2.75, 3.05) is 13.7 Å². The molecule has 0 aliphatic carbocycles. The Bertz CT molecular complexity index is 576. The molecule has 0 aliphatic rings. The fourth-order valence-electron chi connectivity index (χ4n) is 2.06. The molecule has 0 saturated heterocycles. The van der Waals surface area contributed by atoms with Crippen LogP contribution in [-0.4, -0.2) is 18.7 Å². The predicted octanol–water partition coefficient (Wildman–Crippen LogP) is 3.54. The van der Waals surface area contributed by atoms with Gasteiger partial charge < -0.3 is 14.8 Å². The third kappa shape index (κ3) is 4.44. The second-order valence-corrected chi connectivity index (χ2v) is 5.40. The predicted molar refractivity (Wildman–Crippen MR) is 86.6 cm³/mol. The van der Waals surface area contributed by atoms with Crippen LogP contribution < -0.4 is 14.8 Å². The molecular weight excluding hydrogens is 332 g/mol. The van der Waals surface area contributed by atoms with Crippen molar-refractivity contribution in [1.29, 1.82) is 0 Å². The van der Waals surface area contributed by atoms with Crippen molar-refractivity contribution in [2.45, 2.75) is 20.0 Å². The van der Waals surface area contributed by atoms with E-state index in [-0.39, 0.29) is 0 Å². The molecule has 21 heavy (non-hydrogen) atoms. The van der Waals surface area contributed by atoms with Crippen LogP contribution in [0.3, 0.4) is 0 Å². The summed E-state index contributed by atoms with van der Waals surface area (Å²) in [5, 5.41) is 3.41. The third-order valence-corrected chi connectivity index (χ3v) is 3.46. The van der Waals surface area contributed by atoms with Gasteiger partial charge in [-0.3, -0.25) is 4.98 Å². The fourth-order valence-corrected chi connectivity index (χ4v) is 2.54. The van der Waals surface area contributed by atoms with Gasteiger partial charge >= 0.3 is 0 Å². The van der Waals surface area contributed by atoms with Gasteiger partial charge in [-0.1, -0.05) is 15.9 Å². The van der Waals surface area contributed by atoms with Gasteiger partial charge in [-0.05, 0) is 36.8 Å². The highest BCUT2D eigenvalue weighted by Crippen LogP contribution is 2.34. The Labute approximate surface area is 133 Å². The topological polar surface area (TPSA) is 43.4 Å². The van der Waals surface area contributed by atoms with E-state index in [4.69, 9.17) is 9.47 Å². The molecule has 0 atom stereocenters. The molecule has 0 spiro atoms. The summed E-state index contributed by atoms with van der Waals surface area (Å²) in [7, 11) is 1.65. The maximum atomic E-state index is 5.72. The molecule has 1 aromatic carbocycles. The monoisotopic (exact) mass is 350 g/mol. The number of aromatic nitrogens is 1. The Hall–Kier alpha value is -1.59. The molecule has 0 bridgehead atoms. The minimum Gasteiger partial charge on any atom is -0.493 e. The third-order valence-electron chi connectivity index (χ3n) is 3.00. The highest BCUT2D eigenvalue weighted by atomic mass is 79.9. The van der Waals surface area contributed by atoms with Gasteiger partial charge in [0.15, 0.2) is 11.5 Å². The van der Waals surface area contributed by atoms with Gasteiger partial charge in [0, 0.05) is 35.5 Å². The van der Waals surface area contributed by atoms with E-state index in [2.05, 4.69) is 26.2 Å². The zero-order chi connectivity index (χ0) is 15.1. The molecule has 0 radical (unpaired) electrons. The largest absolute Gasteiger partial charge is 0.493 e. The molecule has 0 aliphatic heterocycles. The van der Waals surface area contributed by atoms with Crippen molar-refractivity contribution in [3.05, 3.63) is 52.3 Å². The zero-order valence-electron chi connectivity index (χ0n) is 12.2. The van der Waals surface area contributed by atoms with Crippen LogP contribution in [0.25, 0.3) is 0 Å². The number of rotatable bonds is 7. The maximum absolute atomic E-state index is 5.72. The van der Waals surface area contributed by atoms with Crippen LogP contribution >= 0.6 is 15.9 Å². The molecule has 4 nitrogen and oxygen atoms in total. The smallest absolute Gasteiger partial charge is 0.165 e.